The Bertz CT molecular complexity index is 1160. The van der Waals surface area contributed by atoms with Gasteiger partial charge < -0.3 is 9.73 Å². The van der Waals surface area contributed by atoms with Crippen LogP contribution >= 0.6 is 0 Å². The van der Waals surface area contributed by atoms with E-state index < -0.39 is 20.9 Å². The van der Waals surface area contributed by atoms with Gasteiger partial charge in [0.25, 0.3) is 11.6 Å². The molecule has 0 aliphatic rings. The van der Waals surface area contributed by atoms with Crippen LogP contribution in [0.3, 0.4) is 0 Å². The minimum Gasteiger partial charge on any atom is -0.468 e. The molecule has 0 bridgehead atoms. The van der Waals surface area contributed by atoms with Gasteiger partial charge in [-0.05, 0) is 43.3 Å². The Labute approximate surface area is 166 Å². The zero-order valence-corrected chi connectivity index (χ0v) is 16.1. The van der Waals surface area contributed by atoms with Gasteiger partial charge in [-0.1, -0.05) is 12.1 Å². The molecule has 0 aliphatic heterocycles. The summed E-state index contributed by atoms with van der Waals surface area (Å²) in [6.45, 7) is 1.56. The summed E-state index contributed by atoms with van der Waals surface area (Å²) in [6.07, 6.45) is 1.43. The molecule has 0 spiro atoms. The minimum absolute atomic E-state index is 0.0290. The van der Waals surface area contributed by atoms with E-state index in [2.05, 4.69) is 10.0 Å². The molecule has 3 aromatic rings. The van der Waals surface area contributed by atoms with E-state index in [-0.39, 0.29) is 28.4 Å². The van der Waals surface area contributed by atoms with Crippen LogP contribution < -0.4 is 10.0 Å². The lowest BCUT2D eigenvalue weighted by Crippen LogP contribution is -2.23. The third-order valence-electron chi connectivity index (χ3n) is 4.09. The number of amides is 1. The summed E-state index contributed by atoms with van der Waals surface area (Å²) < 4.78 is 32.4. The van der Waals surface area contributed by atoms with Gasteiger partial charge >= 0.3 is 0 Å². The lowest BCUT2D eigenvalue weighted by Gasteiger charge is -2.09. The predicted molar refractivity (Wildman–Crippen MR) is 105 cm³/mol. The van der Waals surface area contributed by atoms with Crippen molar-refractivity contribution in [2.45, 2.75) is 18.4 Å². The van der Waals surface area contributed by atoms with E-state index in [4.69, 9.17) is 4.42 Å². The first kappa shape index (κ1) is 20.2. The van der Waals surface area contributed by atoms with Crippen LogP contribution in [0.4, 0.5) is 11.4 Å². The van der Waals surface area contributed by atoms with Gasteiger partial charge in [0.05, 0.1) is 22.6 Å². The molecule has 10 heteroatoms. The number of sulfonamides is 1. The predicted octanol–water partition coefficient (Wildman–Crippen LogP) is 3.23. The van der Waals surface area contributed by atoms with Crippen LogP contribution in [-0.4, -0.2) is 19.2 Å². The highest BCUT2D eigenvalue weighted by molar-refractivity contribution is 7.89. The molecule has 29 heavy (non-hydrogen) atoms. The van der Waals surface area contributed by atoms with E-state index in [1.807, 2.05) is 0 Å². The van der Waals surface area contributed by atoms with E-state index in [1.54, 1.807) is 19.1 Å². The summed E-state index contributed by atoms with van der Waals surface area (Å²) in [4.78, 5) is 22.9. The van der Waals surface area contributed by atoms with Crippen LogP contribution in [0, 0.1) is 17.0 Å². The monoisotopic (exact) mass is 415 g/mol. The molecule has 150 valence electrons. The number of anilines is 1. The van der Waals surface area contributed by atoms with E-state index in [0.717, 1.165) is 0 Å². The largest absolute Gasteiger partial charge is 0.468 e. The Morgan fingerprint density at radius 3 is 2.62 bits per heavy atom. The average molecular weight is 415 g/mol. The van der Waals surface area contributed by atoms with Crippen molar-refractivity contribution in [3.63, 3.8) is 0 Å². The SMILES string of the molecule is Cc1ccc(NC(=O)c2cccc(S(=O)(=O)NCc3ccco3)c2)cc1[N+](=O)[O-]. The molecule has 1 amide bonds. The van der Waals surface area contributed by atoms with Crippen molar-refractivity contribution in [2.24, 2.45) is 0 Å². The first-order chi connectivity index (χ1) is 13.8. The van der Waals surface area contributed by atoms with E-state index >= 15 is 0 Å². The summed E-state index contributed by atoms with van der Waals surface area (Å²) in [7, 11) is -3.87. The van der Waals surface area contributed by atoms with Gasteiger partial charge in [-0.3, -0.25) is 14.9 Å². The summed E-state index contributed by atoms with van der Waals surface area (Å²) in [6, 6.07) is 13.0. The maximum atomic E-state index is 12.5. The number of nitrogens with one attached hydrogen (secondary N) is 2. The van der Waals surface area contributed by atoms with Gasteiger partial charge in [-0.15, -0.1) is 0 Å². The first-order valence-corrected chi connectivity index (χ1v) is 9.93. The van der Waals surface area contributed by atoms with Gasteiger partial charge in [0.15, 0.2) is 0 Å². The molecule has 1 heterocycles. The molecule has 0 fully saturated rings. The molecule has 9 nitrogen and oxygen atoms in total. The van der Waals surface area contributed by atoms with E-state index in [1.165, 1.54) is 48.7 Å². The fraction of sp³-hybridized carbons (Fsp3) is 0.105. The van der Waals surface area contributed by atoms with Crippen LogP contribution in [0.5, 0.6) is 0 Å². The molecule has 0 radical (unpaired) electrons. The second kappa shape index (κ2) is 8.25. The fourth-order valence-corrected chi connectivity index (χ4v) is 3.59. The molecule has 2 aromatic carbocycles. The van der Waals surface area contributed by atoms with Gasteiger partial charge in [0.1, 0.15) is 5.76 Å². The number of hydrogen-bond acceptors (Lipinski definition) is 6. The average Bonchev–Trinajstić information content (AvgIpc) is 3.21. The fourth-order valence-electron chi connectivity index (χ4n) is 2.55. The summed E-state index contributed by atoms with van der Waals surface area (Å²) >= 11 is 0. The standard InChI is InChI=1S/C19H17N3O6S/c1-13-7-8-15(11-18(13)22(24)25)21-19(23)14-4-2-6-17(10-14)29(26,27)20-12-16-5-3-9-28-16/h2-11,20H,12H2,1H3,(H,21,23). The lowest BCUT2D eigenvalue weighted by atomic mass is 10.1. The number of nitro groups is 1. The van der Waals surface area contributed by atoms with Crippen molar-refractivity contribution in [1.29, 1.82) is 0 Å². The highest BCUT2D eigenvalue weighted by atomic mass is 32.2. The van der Waals surface area contributed by atoms with E-state index in [9.17, 15) is 23.3 Å². The highest BCUT2D eigenvalue weighted by Gasteiger charge is 2.18. The summed E-state index contributed by atoms with van der Waals surface area (Å²) in [5.74, 6) is -0.144. The number of furan rings is 1. The minimum atomic E-state index is -3.87. The maximum Gasteiger partial charge on any atom is 0.274 e. The number of rotatable bonds is 7. The Hall–Kier alpha value is -3.50. The van der Waals surface area contributed by atoms with Gasteiger partial charge in [-0.2, -0.15) is 0 Å². The number of nitro benzene ring substituents is 1. The quantitative estimate of drug-likeness (QED) is 0.450. The molecule has 0 saturated heterocycles. The third kappa shape index (κ3) is 4.86. The Morgan fingerprint density at radius 2 is 1.93 bits per heavy atom. The molecule has 2 N–H and O–H groups in total. The maximum absolute atomic E-state index is 12.5. The highest BCUT2D eigenvalue weighted by Crippen LogP contribution is 2.23. The molecule has 0 saturated carbocycles. The Morgan fingerprint density at radius 1 is 1.14 bits per heavy atom. The van der Waals surface area contributed by atoms with Crippen LogP contribution in [0.2, 0.25) is 0 Å². The smallest absolute Gasteiger partial charge is 0.274 e. The summed E-state index contributed by atoms with van der Waals surface area (Å²) in [5.41, 5.74) is 0.663. The second-order valence-electron chi connectivity index (χ2n) is 6.14. The molecule has 0 unspecified atom stereocenters. The zero-order chi connectivity index (χ0) is 21.0. The zero-order valence-electron chi connectivity index (χ0n) is 15.3. The van der Waals surface area contributed by atoms with Crippen molar-refractivity contribution >= 4 is 27.3 Å². The van der Waals surface area contributed by atoms with Crippen molar-refractivity contribution in [2.75, 3.05) is 5.32 Å². The van der Waals surface area contributed by atoms with Crippen LogP contribution in [-0.2, 0) is 16.6 Å². The van der Waals surface area contributed by atoms with Crippen LogP contribution in [0.25, 0.3) is 0 Å². The first-order valence-electron chi connectivity index (χ1n) is 8.45. The number of aryl methyl sites for hydroxylation is 1. The molecule has 0 aliphatic carbocycles. The van der Waals surface area contributed by atoms with E-state index in [0.29, 0.717) is 11.3 Å². The van der Waals surface area contributed by atoms with Crippen molar-refractivity contribution in [3.05, 3.63) is 87.9 Å². The Kier molecular flexibility index (Phi) is 5.76. The van der Waals surface area contributed by atoms with Crippen LogP contribution in [0.15, 0.2) is 70.2 Å². The molecule has 3 rings (SSSR count). The molecule has 0 atom stereocenters. The second-order valence-corrected chi connectivity index (χ2v) is 7.91. The summed E-state index contributed by atoms with van der Waals surface area (Å²) in [5, 5.41) is 13.6. The van der Waals surface area contributed by atoms with Gasteiger partial charge in [0, 0.05) is 22.9 Å². The van der Waals surface area contributed by atoms with Gasteiger partial charge in [-0.25, -0.2) is 13.1 Å². The normalized spacial score (nSPS) is 11.2. The number of carbonyl (C=O) groups excluding carboxylic acids is 1. The number of benzene rings is 2. The van der Waals surface area contributed by atoms with Crippen LogP contribution in [0.1, 0.15) is 21.7 Å². The number of hydrogen-bond donors (Lipinski definition) is 2. The van der Waals surface area contributed by atoms with Crippen molar-refractivity contribution in [3.8, 4) is 0 Å². The molecular formula is C19H17N3O6S. The van der Waals surface area contributed by atoms with Gasteiger partial charge in [0.2, 0.25) is 10.0 Å². The topological polar surface area (TPSA) is 132 Å². The molecule has 1 aromatic heterocycles. The van der Waals surface area contributed by atoms with Crippen molar-refractivity contribution < 1.29 is 22.6 Å². The Balaban J connectivity index is 1.77. The number of carbonyl (C=O) groups is 1. The number of nitrogens with zero attached hydrogens (tertiary/aromatic N) is 1. The third-order valence-corrected chi connectivity index (χ3v) is 5.49. The van der Waals surface area contributed by atoms with Crippen molar-refractivity contribution in [1.82, 2.24) is 4.72 Å². The molecular weight excluding hydrogens is 398 g/mol. The lowest BCUT2D eigenvalue weighted by molar-refractivity contribution is -0.385.